The Balaban J connectivity index is 1.38. The molecule has 0 saturated heterocycles. The normalized spacial score (nSPS) is 15.3. The van der Waals surface area contributed by atoms with Crippen molar-refractivity contribution in [2.45, 2.75) is 19.6 Å². The Bertz CT molecular complexity index is 1360. The molecule has 0 aliphatic carbocycles. The van der Waals surface area contributed by atoms with Crippen molar-refractivity contribution in [3.8, 4) is 16.9 Å². The van der Waals surface area contributed by atoms with Crippen LogP contribution in [0.25, 0.3) is 21.3 Å². The quantitative estimate of drug-likeness (QED) is 0.447. The summed E-state index contributed by atoms with van der Waals surface area (Å²) in [5.41, 5.74) is 2.58. The van der Waals surface area contributed by atoms with Gasteiger partial charge in [-0.1, -0.05) is 12.1 Å². The van der Waals surface area contributed by atoms with Gasteiger partial charge >= 0.3 is 0 Å². The Morgan fingerprint density at radius 1 is 1.19 bits per heavy atom. The molecule has 0 unspecified atom stereocenters. The maximum absolute atomic E-state index is 13.2. The number of hydrogen-bond acceptors (Lipinski definition) is 6. The van der Waals surface area contributed by atoms with Crippen LogP contribution in [0.3, 0.4) is 0 Å². The average Bonchev–Trinajstić information content (AvgIpc) is 3.18. The smallest absolute Gasteiger partial charge is 0.265 e. The van der Waals surface area contributed by atoms with E-state index in [1.165, 1.54) is 23.5 Å². The average molecular weight is 436 g/mol. The van der Waals surface area contributed by atoms with Crippen LogP contribution in [0.2, 0.25) is 0 Å². The van der Waals surface area contributed by atoms with E-state index in [1.807, 2.05) is 11.4 Å². The zero-order valence-corrected chi connectivity index (χ0v) is 17.2. The topological polar surface area (TPSA) is 96.1 Å². The highest BCUT2D eigenvalue weighted by Gasteiger charge is 2.23. The van der Waals surface area contributed by atoms with E-state index in [9.17, 15) is 14.0 Å². The molecule has 3 heterocycles. The molecule has 1 atom stereocenters. The highest BCUT2D eigenvalue weighted by molar-refractivity contribution is 7.17. The molecule has 2 aromatic heterocycles. The number of nitrogens with zero attached hydrogens (tertiary/aromatic N) is 1. The number of halogens is 1. The summed E-state index contributed by atoms with van der Waals surface area (Å²) in [4.78, 5) is 32.5. The fourth-order valence-electron chi connectivity index (χ4n) is 3.42. The molecule has 0 fully saturated rings. The maximum Gasteiger partial charge on any atom is 0.265 e. The molecule has 156 valence electrons. The second kappa shape index (κ2) is 7.51. The van der Waals surface area contributed by atoms with Gasteiger partial charge < -0.3 is 20.4 Å². The summed E-state index contributed by atoms with van der Waals surface area (Å²) in [6, 6.07) is 11.4. The van der Waals surface area contributed by atoms with Gasteiger partial charge in [-0.15, -0.1) is 11.3 Å². The van der Waals surface area contributed by atoms with Crippen LogP contribution >= 0.6 is 11.3 Å². The number of anilines is 2. The third-order valence-electron chi connectivity index (χ3n) is 5.02. The number of carbonyl (C=O) groups excluding carboxylic acids is 1. The van der Waals surface area contributed by atoms with Crippen LogP contribution in [0.4, 0.5) is 15.8 Å². The Hall–Kier alpha value is -3.72. The van der Waals surface area contributed by atoms with Gasteiger partial charge in [0.05, 0.1) is 17.6 Å². The van der Waals surface area contributed by atoms with Gasteiger partial charge in [0.1, 0.15) is 22.2 Å². The molecule has 1 aliphatic heterocycles. The highest BCUT2D eigenvalue weighted by Crippen LogP contribution is 2.33. The van der Waals surface area contributed by atoms with E-state index in [1.54, 1.807) is 31.2 Å². The standard InChI is InChI=1S/C22H17FN4O3S/c1-11-20(28)25-16-8-14(6-7-17(16)30-11)24-9-18-26-21(29)19-15(10-31-22(19)27-18)12-2-4-13(23)5-3-12/h2-8,10-11,24H,9H2,1H3,(H,25,28)(H,26,27,29)/t11-/m1/s1. The molecule has 0 spiro atoms. The lowest BCUT2D eigenvalue weighted by Gasteiger charge is -2.23. The number of aromatic amines is 1. The fraction of sp³-hybridized carbons (Fsp3) is 0.136. The minimum Gasteiger partial charge on any atom is -0.479 e. The summed E-state index contributed by atoms with van der Waals surface area (Å²) in [6.07, 6.45) is -0.530. The van der Waals surface area contributed by atoms with Crippen LogP contribution in [-0.2, 0) is 11.3 Å². The van der Waals surface area contributed by atoms with E-state index in [0.717, 1.165) is 16.8 Å². The van der Waals surface area contributed by atoms with E-state index < -0.39 is 6.10 Å². The minimum absolute atomic E-state index is 0.198. The summed E-state index contributed by atoms with van der Waals surface area (Å²) >= 11 is 1.37. The van der Waals surface area contributed by atoms with Crippen molar-refractivity contribution in [3.05, 3.63) is 69.8 Å². The number of benzene rings is 2. The molecule has 31 heavy (non-hydrogen) atoms. The molecule has 1 amide bonds. The lowest BCUT2D eigenvalue weighted by Crippen LogP contribution is -2.34. The van der Waals surface area contributed by atoms with E-state index in [0.29, 0.717) is 34.0 Å². The molecule has 7 nitrogen and oxygen atoms in total. The third-order valence-corrected chi connectivity index (χ3v) is 5.89. The Morgan fingerprint density at radius 3 is 2.81 bits per heavy atom. The molecule has 3 N–H and O–H groups in total. The van der Waals surface area contributed by atoms with Gasteiger partial charge in [-0.3, -0.25) is 9.59 Å². The molecule has 5 rings (SSSR count). The first kappa shape index (κ1) is 19.3. The zero-order valence-electron chi connectivity index (χ0n) is 16.4. The van der Waals surface area contributed by atoms with Gasteiger partial charge in [0.15, 0.2) is 6.10 Å². The minimum atomic E-state index is -0.530. The molecule has 1 aliphatic rings. The van der Waals surface area contributed by atoms with Gasteiger partial charge in [-0.2, -0.15) is 0 Å². The van der Waals surface area contributed by atoms with Crippen LogP contribution in [0, 0.1) is 5.82 Å². The van der Waals surface area contributed by atoms with Crippen molar-refractivity contribution in [2.24, 2.45) is 0 Å². The number of nitrogens with one attached hydrogen (secondary N) is 3. The van der Waals surface area contributed by atoms with E-state index in [4.69, 9.17) is 4.74 Å². The van der Waals surface area contributed by atoms with Crippen LogP contribution in [0.5, 0.6) is 5.75 Å². The Morgan fingerprint density at radius 2 is 2.00 bits per heavy atom. The largest absolute Gasteiger partial charge is 0.479 e. The predicted octanol–water partition coefficient (Wildman–Crippen LogP) is 4.12. The number of amides is 1. The first-order chi connectivity index (χ1) is 15.0. The number of ether oxygens (including phenoxy) is 1. The summed E-state index contributed by atoms with van der Waals surface area (Å²) in [6.45, 7) is 1.98. The number of aromatic nitrogens is 2. The third kappa shape index (κ3) is 3.64. The van der Waals surface area contributed by atoms with Gasteiger partial charge in [0, 0.05) is 16.6 Å². The van der Waals surface area contributed by atoms with Gasteiger partial charge in [0.25, 0.3) is 11.5 Å². The number of thiophene rings is 1. The highest BCUT2D eigenvalue weighted by atomic mass is 32.1. The molecule has 0 radical (unpaired) electrons. The zero-order chi connectivity index (χ0) is 21.5. The number of carbonyl (C=O) groups is 1. The van der Waals surface area contributed by atoms with Crippen molar-refractivity contribution in [1.29, 1.82) is 0 Å². The number of hydrogen-bond donors (Lipinski definition) is 3. The fourth-order valence-corrected chi connectivity index (χ4v) is 4.39. The van der Waals surface area contributed by atoms with Crippen molar-refractivity contribution >= 4 is 38.8 Å². The van der Waals surface area contributed by atoms with Gasteiger partial charge in [-0.05, 0) is 42.8 Å². The lowest BCUT2D eigenvalue weighted by molar-refractivity contribution is -0.122. The Labute approximate surface area is 179 Å². The van der Waals surface area contributed by atoms with Crippen molar-refractivity contribution < 1.29 is 13.9 Å². The van der Waals surface area contributed by atoms with E-state index in [-0.39, 0.29) is 17.3 Å². The first-order valence-corrected chi connectivity index (χ1v) is 10.5. The number of fused-ring (bicyclic) bond motifs is 2. The van der Waals surface area contributed by atoms with Gasteiger partial charge in [0.2, 0.25) is 0 Å². The molecule has 0 bridgehead atoms. The second-order valence-electron chi connectivity index (χ2n) is 7.16. The summed E-state index contributed by atoms with van der Waals surface area (Å²) < 4.78 is 18.8. The lowest BCUT2D eigenvalue weighted by atomic mass is 10.1. The molecule has 0 saturated carbocycles. The van der Waals surface area contributed by atoms with E-state index in [2.05, 4.69) is 20.6 Å². The second-order valence-corrected chi connectivity index (χ2v) is 8.02. The maximum atomic E-state index is 13.2. The predicted molar refractivity (Wildman–Crippen MR) is 118 cm³/mol. The number of H-pyrrole nitrogens is 1. The summed E-state index contributed by atoms with van der Waals surface area (Å²) in [7, 11) is 0. The van der Waals surface area contributed by atoms with Crippen molar-refractivity contribution in [1.82, 2.24) is 9.97 Å². The van der Waals surface area contributed by atoms with Gasteiger partial charge in [-0.25, -0.2) is 9.37 Å². The Kier molecular flexibility index (Phi) is 4.67. The summed E-state index contributed by atoms with van der Waals surface area (Å²) in [5, 5.41) is 8.34. The molecular weight excluding hydrogens is 419 g/mol. The van der Waals surface area contributed by atoms with Crippen LogP contribution in [0.15, 0.2) is 52.6 Å². The van der Waals surface area contributed by atoms with Crippen molar-refractivity contribution in [3.63, 3.8) is 0 Å². The van der Waals surface area contributed by atoms with Crippen LogP contribution < -0.4 is 20.9 Å². The molecule has 9 heteroatoms. The molecule has 4 aromatic rings. The molecule has 2 aromatic carbocycles. The van der Waals surface area contributed by atoms with Crippen molar-refractivity contribution in [2.75, 3.05) is 10.6 Å². The summed E-state index contributed by atoms with van der Waals surface area (Å²) in [5.74, 6) is 0.566. The van der Waals surface area contributed by atoms with Crippen LogP contribution in [0.1, 0.15) is 12.7 Å². The molecular formula is C22H17FN4O3S. The number of rotatable bonds is 4. The van der Waals surface area contributed by atoms with E-state index >= 15 is 0 Å². The first-order valence-electron chi connectivity index (χ1n) is 9.60. The van der Waals surface area contributed by atoms with Crippen LogP contribution in [-0.4, -0.2) is 22.0 Å². The SMILES string of the molecule is C[C@H]1Oc2ccc(NCc3nc4scc(-c5ccc(F)cc5)c4c(=O)[nH]3)cc2NC1=O. The monoisotopic (exact) mass is 436 g/mol.